The second kappa shape index (κ2) is 5.51. The molecule has 2 N–H and O–H groups in total. The average molecular weight is 315 g/mol. The standard InChI is InChI=1S/C14H17N7O2/c22-12-1-4-20(14(23)18-12)11-8-17-21-9-10(7-16-13(11)21)19-5-2-15-3-6-19/h7-9,15H,1-6H2,(H,18,22,23). The summed E-state index contributed by atoms with van der Waals surface area (Å²) in [4.78, 5) is 31.5. The molecule has 0 aromatic carbocycles. The number of amides is 3. The zero-order chi connectivity index (χ0) is 15.8. The van der Waals surface area contributed by atoms with Gasteiger partial charge in [-0.2, -0.15) is 5.10 Å². The summed E-state index contributed by atoms with van der Waals surface area (Å²) in [6, 6.07) is -0.427. The lowest BCUT2D eigenvalue weighted by Gasteiger charge is -2.29. The minimum atomic E-state index is -0.427. The minimum Gasteiger partial charge on any atom is -0.366 e. The Hall–Kier alpha value is -2.68. The summed E-state index contributed by atoms with van der Waals surface area (Å²) < 4.78 is 1.68. The van der Waals surface area contributed by atoms with Crippen LogP contribution in [-0.2, 0) is 4.79 Å². The third kappa shape index (κ3) is 2.48. The third-order valence-electron chi connectivity index (χ3n) is 4.15. The number of nitrogens with one attached hydrogen (secondary N) is 2. The van der Waals surface area contributed by atoms with Gasteiger partial charge in [0.15, 0.2) is 5.65 Å². The fourth-order valence-electron chi connectivity index (χ4n) is 2.92. The number of fused-ring (bicyclic) bond motifs is 1. The normalized spacial score (nSPS) is 19.3. The van der Waals surface area contributed by atoms with Crippen molar-refractivity contribution in [2.45, 2.75) is 6.42 Å². The van der Waals surface area contributed by atoms with Gasteiger partial charge in [-0.1, -0.05) is 0 Å². The van der Waals surface area contributed by atoms with Crippen LogP contribution in [0.5, 0.6) is 0 Å². The molecule has 0 atom stereocenters. The third-order valence-corrected chi connectivity index (χ3v) is 4.15. The van der Waals surface area contributed by atoms with Gasteiger partial charge in [-0.3, -0.25) is 15.0 Å². The fourth-order valence-corrected chi connectivity index (χ4v) is 2.92. The molecular formula is C14H17N7O2. The van der Waals surface area contributed by atoms with Crippen LogP contribution in [0.25, 0.3) is 5.65 Å². The molecule has 2 saturated heterocycles. The summed E-state index contributed by atoms with van der Waals surface area (Å²) >= 11 is 0. The van der Waals surface area contributed by atoms with Gasteiger partial charge in [0, 0.05) is 39.1 Å². The van der Waals surface area contributed by atoms with E-state index < -0.39 is 6.03 Å². The quantitative estimate of drug-likeness (QED) is 0.782. The lowest BCUT2D eigenvalue weighted by molar-refractivity contribution is -0.120. The highest BCUT2D eigenvalue weighted by Gasteiger charge is 2.27. The van der Waals surface area contributed by atoms with Crippen LogP contribution in [0.1, 0.15) is 6.42 Å². The molecule has 4 heterocycles. The van der Waals surface area contributed by atoms with E-state index >= 15 is 0 Å². The van der Waals surface area contributed by atoms with E-state index in [1.54, 1.807) is 16.9 Å². The predicted octanol–water partition coefficient (Wildman–Crippen LogP) is -0.415. The number of rotatable bonds is 2. The Labute approximate surface area is 132 Å². The number of carbonyl (C=O) groups excluding carboxylic acids is 2. The summed E-state index contributed by atoms with van der Waals surface area (Å²) in [6.07, 6.45) is 5.62. The van der Waals surface area contributed by atoms with Crippen LogP contribution in [0, 0.1) is 0 Å². The van der Waals surface area contributed by atoms with Crippen molar-refractivity contribution >= 4 is 29.0 Å². The zero-order valence-corrected chi connectivity index (χ0v) is 12.5. The number of anilines is 2. The van der Waals surface area contributed by atoms with Crippen LogP contribution < -0.4 is 20.4 Å². The topological polar surface area (TPSA) is 94.9 Å². The van der Waals surface area contributed by atoms with Gasteiger partial charge in [-0.15, -0.1) is 0 Å². The highest BCUT2D eigenvalue weighted by Crippen LogP contribution is 2.23. The number of hydrogen-bond acceptors (Lipinski definition) is 6. The summed E-state index contributed by atoms with van der Waals surface area (Å²) in [6.45, 7) is 4.10. The highest BCUT2D eigenvalue weighted by atomic mass is 16.2. The van der Waals surface area contributed by atoms with Crippen molar-refractivity contribution in [3.8, 4) is 0 Å². The monoisotopic (exact) mass is 315 g/mol. The van der Waals surface area contributed by atoms with Crippen molar-refractivity contribution in [2.24, 2.45) is 0 Å². The second-order valence-electron chi connectivity index (χ2n) is 5.60. The first-order valence-electron chi connectivity index (χ1n) is 7.63. The predicted molar refractivity (Wildman–Crippen MR) is 83.6 cm³/mol. The minimum absolute atomic E-state index is 0.253. The summed E-state index contributed by atoms with van der Waals surface area (Å²) in [5.41, 5.74) is 2.22. The van der Waals surface area contributed by atoms with Crippen LogP contribution in [0.3, 0.4) is 0 Å². The Bertz CT molecular complexity index is 766. The van der Waals surface area contributed by atoms with E-state index in [0.717, 1.165) is 31.9 Å². The molecule has 2 aliphatic rings. The Morgan fingerprint density at radius 2 is 1.91 bits per heavy atom. The maximum atomic E-state index is 12.0. The molecule has 0 radical (unpaired) electrons. The van der Waals surface area contributed by atoms with Gasteiger partial charge in [-0.05, 0) is 0 Å². The molecule has 4 rings (SSSR count). The molecule has 0 aliphatic carbocycles. The van der Waals surface area contributed by atoms with E-state index in [1.807, 2.05) is 6.20 Å². The molecule has 0 saturated carbocycles. The van der Waals surface area contributed by atoms with Gasteiger partial charge in [0.05, 0.1) is 24.3 Å². The number of carbonyl (C=O) groups is 2. The molecule has 3 amide bonds. The van der Waals surface area contributed by atoms with Gasteiger partial charge < -0.3 is 10.2 Å². The number of urea groups is 1. The maximum Gasteiger partial charge on any atom is 0.328 e. The molecular weight excluding hydrogens is 298 g/mol. The van der Waals surface area contributed by atoms with E-state index in [1.165, 1.54) is 4.90 Å². The Morgan fingerprint density at radius 1 is 1.09 bits per heavy atom. The molecule has 9 heteroatoms. The number of piperazine rings is 1. The SMILES string of the molecule is O=C1CCN(c2cnn3cc(N4CCNCC4)cnc23)C(=O)N1. The zero-order valence-electron chi connectivity index (χ0n) is 12.5. The molecule has 9 nitrogen and oxygen atoms in total. The highest BCUT2D eigenvalue weighted by molar-refractivity contribution is 6.07. The van der Waals surface area contributed by atoms with Crippen LogP contribution in [0.4, 0.5) is 16.2 Å². The molecule has 23 heavy (non-hydrogen) atoms. The van der Waals surface area contributed by atoms with E-state index in [9.17, 15) is 9.59 Å². The molecule has 2 aromatic heterocycles. The van der Waals surface area contributed by atoms with E-state index in [2.05, 4.69) is 25.6 Å². The lowest BCUT2D eigenvalue weighted by Crippen LogP contribution is -2.49. The number of hydrogen-bond donors (Lipinski definition) is 2. The van der Waals surface area contributed by atoms with Crippen molar-refractivity contribution in [1.29, 1.82) is 0 Å². The van der Waals surface area contributed by atoms with Crippen molar-refractivity contribution in [2.75, 3.05) is 42.5 Å². The number of nitrogens with zero attached hydrogens (tertiary/aromatic N) is 5. The maximum absolute atomic E-state index is 12.0. The average Bonchev–Trinajstić information content (AvgIpc) is 2.99. The second-order valence-corrected chi connectivity index (χ2v) is 5.60. The molecule has 0 spiro atoms. The van der Waals surface area contributed by atoms with Gasteiger partial charge in [-0.25, -0.2) is 14.3 Å². The molecule has 2 fully saturated rings. The first kappa shape index (κ1) is 13.9. The lowest BCUT2D eigenvalue weighted by atomic mass is 10.3. The Morgan fingerprint density at radius 3 is 2.70 bits per heavy atom. The van der Waals surface area contributed by atoms with Gasteiger partial charge in [0.2, 0.25) is 5.91 Å². The summed E-state index contributed by atoms with van der Waals surface area (Å²) in [5.74, 6) is -0.253. The largest absolute Gasteiger partial charge is 0.366 e. The van der Waals surface area contributed by atoms with Gasteiger partial charge >= 0.3 is 6.03 Å². The number of aromatic nitrogens is 3. The number of imide groups is 1. The van der Waals surface area contributed by atoms with Crippen LogP contribution in [0.15, 0.2) is 18.6 Å². The van der Waals surface area contributed by atoms with Crippen LogP contribution in [0.2, 0.25) is 0 Å². The molecule has 2 aliphatic heterocycles. The fraction of sp³-hybridized carbons (Fsp3) is 0.429. The van der Waals surface area contributed by atoms with Crippen molar-refractivity contribution in [1.82, 2.24) is 25.2 Å². The first-order valence-corrected chi connectivity index (χ1v) is 7.63. The first-order chi connectivity index (χ1) is 11.2. The molecule has 2 aromatic rings. The van der Waals surface area contributed by atoms with E-state index in [4.69, 9.17) is 0 Å². The van der Waals surface area contributed by atoms with E-state index in [0.29, 0.717) is 17.9 Å². The summed E-state index contributed by atoms with van der Waals surface area (Å²) in [5, 5.41) is 9.94. The Kier molecular flexibility index (Phi) is 3.34. The van der Waals surface area contributed by atoms with Crippen molar-refractivity contribution in [3.05, 3.63) is 18.6 Å². The van der Waals surface area contributed by atoms with Crippen LogP contribution >= 0.6 is 0 Å². The smallest absolute Gasteiger partial charge is 0.328 e. The molecule has 0 unspecified atom stereocenters. The molecule has 0 bridgehead atoms. The van der Waals surface area contributed by atoms with Crippen molar-refractivity contribution in [3.63, 3.8) is 0 Å². The van der Waals surface area contributed by atoms with Gasteiger partial charge in [0.1, 0.15) is 5.69 Å². The molecule has 120 valence electrons. The van der Waals surface area contributed by atoms with Crippen molar-refractivity contribution < 1.29 is 9.59 Å². The van der Waals surface area contributed by atoms with Gasteiger partial charge in [0.25, 0.3) is 0 Å². The Balaban J connectivity index is 1.65. The van der Waals surface area contributed by atoms with E-state index in [-0.39, 0.29) is 12.3 Å². The summed E-state index contributed by atoms with van der Waals surface area (Å²) in [7, 11) is 0. The van der Waals surface area contributed by atoms with Crippen LogP contribution in [-0.4, -0.2) is 59.3 Å².